The molecule has 0 saturated heterocycles. The van der Waals surface area contributed by atoms with Gasteiger partial charge in [-0.05, 0) is 125 Å². The first kappa shape index (κ1) is 31.7. The Bertz CT molecular complexity index is 3080. The molecule has 262 valence electrons. The molecule has 0 spiro atoms. The smallest absolute Gasteiger partial charge is 0.136 e. The molecule has 3 nitrogen and oxygen atoms in total. The summed E-state index contributed by atoms with van der Waals surface area (Å²) in [7, 11) is 0. The van der Waals surface area contributed by atoms with Crippen LogP contribution >= 0.6 is 0 Å². The first-order valence-corrected chi connectivity index (χ1v) is 19.4. The summed E-state index contributed by atoms with van der Waals surface area (Å²) < 4.78 is 8.79. The van der Waals surface area contributed by atoms with Gasteiger partial charge in [-0.1, -0.05) is 115 Å². The van der Waals surface area contributed by atoms with E-state index in [9.17, 15) is 0 Å². The third-order valence-electron chi connectivity index (χ3n) is 11.6. The third kappa shape index (κ3) is 5.42. The Labute approximate surface area is 320 Å². The number of nitrogens with zero attached hydrogens (tertiary/aromatic N) is 2. The standard InChI is InChI=1S/C52H38N2O/c1-2-14-41(15-3-1)53(43-29-25-37(26-30-43)40-22-21-35-11-4-5-12-38(35)31-40)42-27-23-36(24-28-42)39-13-10-16-44(32-39)54-49-19-8-6-17-45(49)47-34-52-48(33-50(47)54)46-18-7-9-20-51(46)55-52/h1-9,11-12,14-23,25-27,29-34H,10,13,24,28H2. The fraction of sp³-hybridized carbons (Fsp3) is 0.0769. The van der Waals surface area contributed by atoms with Crippen LogP contribution in [0.1, 0.15) is 25.7 Å². The van der Waals surface area contributed by atoms with Crippen LogP contribution < -0.4 is 4.90 Å². The lowest BCUT2D eigenvalue weighted by Gasteiger charge is -2.30. The zero-order chi connectivity index (χ0) is 36.3. The van der Waals surface area contributed by atoms with E-state index in [-0.39, 0.29) is 0 Å². The Morgan fingerprint density at radius 3 is 2.07 bits per heavy atom. The average molecular weight is 707 g/mol. The minimum absolute atomic E-state index is 0.931. The lowest BCUT2D eigenvalue weighted by molar-refractivity contribution is 0.669. The lowest BCUT2D eigenvalue weighted by atomic mass is 9.89. The fourth-order valence-corrected chi connectivity index (χ4v) is 8.87. The molecule has 0 N–H and O–H groups in total. The van der Waals surface area contributed by atoms with Crippen LogP contribution in [0.4, 0.5) is 11.4 Å². The summed E-state index contributed by atoms with van der Waals surface area (Å²) in [4.78, 5) is 2.43. The lowest BCUT2D eigenvalue weighted by Crippen LogP contribution is -2.18. The molecule has 2 aliphatic rings. The quantitative estimate of drug-likeness (QED) is 0.172. The molecule has 2 heterocycles. The second-order valence-electron chi connectivity index (χ2n) is 14.8. The van der Waals surface area contributed by atoms with Crippen molar-refractivity contribution < 1.29 is 4.42 Å². The highest BCUT2D eigenvalue weighted by atomic mass is 16.3. The van der Waals surface area contributed by atoms with Gasteiger partial charge in [0.25, 0.3) is 0 Å². The number of fused-ring (bicyclic) bond motifs is 7. The molecule has 0 unspecified atom stereocenters. The van der Waals surface area contributed by atoms with Gasteiger partial charge in [-0.15, -0.1) is 0 Å². The van der Waals surface area contributed by atoms with Crippen molar-refractivity contribution in [2.75, 3.05) is 4.90 Å². The second-order valence-corrected chi connectivity index (χ2v) is 14.8. The van der Waals surface area contributed by atoms with Gasteiger partial charge in [-0.25, -0.2) is 0 Å². The van der Waals surface area contributed by atoms with Crippen LogP contribution in [-0.2, 0) is 0 Å². The van der Waals surface area contributed by atoms with Crippen molar-refractivity contribution in [3.05, 3.63) is 199 Å². The number of benzene rings is 7. The summed E-state index contributed by atoms with van der Waals surface area (Å²) in [6, 6.07) is 56.8. The minimum Gasteiger partial charge on any atom is -0.456 e. The van der Waals surface area contributed by atoms with Crippen LogP contribution in [0.25, 0.3) is 71.3 Å². The maximum atomic E-state index is 6.33. The van der Waals surface area contributed by atoms with E-state index in [0.717, 1.165) is 47.6 Å². The van der Waals surface area contributed by atoms with Gasteiger partial charge in [-0.3, -0.25) is 0 Å². The van der Waals surface area contributed by atoms with Crippen molar-refractivity contribution in [1.29, 1.82) is 0 Å². The Kier molecular flexibility index (Phi) is 7.44. The molecular formula is C52H38N2O. The number of hydrogen-bond donors (Lipinski definition) is 0. The molecule has 3 heteroatoms. The molecule has 55 heavy (non-hydrogen) atoms. The van der Waals surface area contributed by atoms with Crippen LogP contribution in [0, 0.1) is 0 Å². The molecule has 0 fully saturated rings. The van der Waals surface area contributed by atoms with Gasteiger partial charge in [0.1, 0.15) is 11.2 Å². The van der Waals surface area contributed by atoms with Crippen LogP contribution in [0.15, 0.2) is 203 Å². The van der Waals surface area contributed by atoms with Gasteiger partial charge < -0.3 is 13.9 Å². The van der Waals surface area contributed by atoms with Crippen molar-refractivity contribution in [3.63, 3.8) is 0 Å². The van der Waals surface area contributed by atoms with Crippen LogP contribution in [-0.4, -0.2) is 4.57 Å². The number of allylic oxidation sites excluding steroid dienone is 8. The van der Waals surface area contributed by atoms with Gasteiger partial charge in [-0.2, -0.15) is 0 Å². The summed E-state index contributed by atoms with van der Waals surface area (Å²) in [5.41, 5.74) is 14.5. The molecule has 7 aromatic carbocycles. The van der Waals surface area contributed by atoms with Crippen molar-refractivity contribution >= 4 is 71.6 Å². The first-order valence-electron chi connectivity index (χ1n) is 19.4. The molecule has 0 atom stereocenters. The summed E-state index contributed by atoms with van der Waals surface area (Å²) >= 11 is 0. The zero-order valence-corrected chi connectivity index (χ0v) is 30.5. The van der Waals surface area contributed by atoms with Crippen molar-refractivity contribution in [2.45, 2.75) is 25.7 Å². The van der Waals surface area contributed by atoms with Crippen LogP contribution in [0.2, 0.25) is 0 Å². The second kappa shape index (κ2) is 12.9. The van der Waals surface area contributed by atoms with Gasteiger partial charge in [0.2, 0.25) is 0 Å². The monoisotopic (exact) mass is 706 g/mol. The minimum atomic E-state index is 0.931. The maximum absolute atomic E-state index is 6.33. The molecule has 11 rings (SSSR count). The number of furan rings is 1. The molecule has 2 aromatic heterocycles. The SMILES string of the molecule is C1=C(C2=CC=C(N(c3ccccc3)c3ccc(-c4ccc5ccccc5c4)cc3)CC2)CCC=C1n1c2ccccc2c2cc3oc4ccccc4c3cc21. The Morgan fingerprint density at radius 2 is 1.22 bits per heavy atom. The molecule has 0 saturated carbocycles. The van der Waals surface area contributed by atoms with Gasteiger partial charge in [0.05, 0.1) is 11.0 Å². The molecule has 0 bridgehead atoms. The largest absolute Gasteiger partial charge is 0.456 e. The van der Waals surface area contributed by atoms with Crippen molar-refractivity contribution in [2.24, 2.45) is 0 Å². The van der Waals surface area contributed by atoms with Gasteiger partial charge >= 0.3 is 0 Å². The molecule has 0 amide bonds. The van der Waals surface area contributed by atoms with E-state index in [1.165, 1.54) is 77.6 Å². The first-order chi connectivity index (χ1) is 27.2. The van der Waals surface area contributed by atoms with E-state index in [4.69, 9.17) is 4.42 Å². The maximum Gasteiger partial charge on any atom is 0.136 e. The van der Waals surface area contributed by atoms with E-state index in [1.807, 2.05) is 6.07 Å². The van der Waals surface area contributed by atoms with E-state index < -0.39 is 0 Å². The normalized spacial score (nSPS) is 14.7. The summed E-state index contributed by atoms with van der Waals surface area (Å²) in [6.07, 6.45) is 13.6. The average Bonchev–Trinajstić information content (AvgIpc) is 3.78. The Morgan fingerprint density at radius 1 is 0.473 bits per heavy atom. The molecular weight excluding hydrogens is 669 g/mol. The number of anilines is 2. The molecule has 0 radical (unpaired) electrons. The van der Waals surface area contributed by atoms with Gasteiger partial charge in [0.15, 0.2) is 0 Å². The highest BCUT2D eigenvalue weighted by molar-refractivity contribution is 6.17. The van der Waals surface area contributed by atoms with E-state index >= 15 is 0 Å². The molecule has 9 aromatic rings. The van der Waals surface area contributed by atoms with Crippen molar-refractivity contribution in [1.82, 2.24) is 4.57 Å². The predicted octanol–water partition coefficient (Wildman–Crippen LogP) is 14.5. The molecule has 0 aliphatic heterocycles. The van der Waals surface area contributed by atoms with Crippen LogP contribution in [0.3, 0.4) is 0 Å². The summed E-state index contributed by atoms with van der Waals surface area (Å²) in [6.45, 7) is 0. The number of para-hydroxylation sites is 3. The van der Waals surface area contributed by atoms with E-state index in [0.29, 0.717) is 0 Å². The topological polar surface area (TPSA) is 21.3 Å². The molecule has 2 aliphatic carbocycles. The predicted molar refractivity (Wildman–Crippen MR) is 232 cm³/mol. The number of aromatic nitrogens is 1. The third-order valence-corrected chi connectivity index (χ3v) is 11.6. The summed E-state index contributed by atoms with van der Waals surface area (Å²) in [5.74, 6) is 0. The Hall–Kier alpha value is -6.84. The number of rotatable bonds is 6. The Balaban J connectivity index is 0.947. The number of hydrogen-bond acceptors (Lipinski definition) is 2. The van der Waals surface area contributed by atoms with E-state index in [1.54, 1.807) is 0 Å². The van der Waals surface area contributed by atoms with Crippen molar-refractivity contribution in [3.8, 4) is 11.1 Å². The van der Waals surface area contributed by atoms with Gasteiger partial charge in [0, 0.05) is 44.3 Å². The highest BCUT2D eigenvalue weighted by Crippen LogP contribution is 2.42. The summed E-state index contributed by atoms with van der Waals surface area (Å²) in [5, 5.41) is 7.32. The van der Waals surface area contributed by atoms with Crippen LogP contribution in [0.5, 0.6) is 0 Å². The highest BCUT2D eigenvalue weighted by Gasteiger charge is 2.22. The zero-order valence-electron chi connectivity index (χ0n) is 30.5. The fourth-order valence-electron chi connectivity index (χ4n) is 8.87. The van der Waals surface area contributed by atoms with E-state index in [2.05, 4.69) is 185 Å².